The highest BCUT2D eigenvalue weighted by Gasteiger charge is 2.45. The zero-order chi connectivity index (χ0) is 15.8. The second-order valence-corrected chi connectivity index (χ2v) is 6.93. The van der Waals surface area contributed by atoms with E-state index in [1.807, 2.05) is 0 Å². The Morgan fingerprint density at radius 2 is 2.24 bits per heavy atom. The van der Waals surface area contributed by atoms with Crippen LogP contribution in [0.3, 0.4) is 0 Å². The molecular weight excluding hydrogens is 328 g/mol. The third kappa shape index (κ3) is 3.82. The Balaban J connectivity index is 2.16. The van der Waals surface area contributed by atoms with Crippen LogP contribution in [0.1, 0.15) is 5.37 Å². The molecule has 0 aromatic carbocycles. The summed E-state index contributed by atoms with van der Waals surface area (Å²) in [6.07, 6.45) is -2.10. The van der Waals surface area contributed by atoms with Crippen molar-refractivity contribution in [1.29, 1.82) is 0 Å². The van der Waals surface area contributed by atoms with Gasteiger partial charge in [0.2, 0.25) is 0 Å². The van der Waals surface area contributed by atoms with Crippen LogP contribution in [0.5, 0.6) is 0 Å². The first-order chi connectivity index (χ1) is 9.69. The van der Waals surface area contributed by atoms with Crippen molar-refractivity contribution in [3.05, 3.63) is 22.7 Å². The number of hydrogen-bond acceptors (Lipinski definition) is 7. The average molecular weight is 341 g/mol. The van der Waals surface area contributed by atoms with Crippen LogP contribution in [-0.4, -0.2) is 48.6 Å². The van der Waals surface area contributed by atoms with E-state index in [1.54, 1.807) is 0 Å². The van der Waals surface area contributed by atoms with E-state index in [-0.39, 0.29) is 5.82 Å². The number of phosphoric ester groups is 1. The van der Waals surface area contributed by atoms with E-state index in [4.69, 9.17) is 15.5 Å². The van der Waals surface area contributed by atoms with Gasteiger partial charge in [0.05, 0.1) is 11.9 Å². The third-order valence-electron chi connectivity index (χ3n) is 2.83. The topological polar surface area (TPSA) is 148 Å². The maximum absolute atomic E-state index is 14.1. The minimum absolute atomic E-state index is 0.0170. The van der Waals surface area contributed by atoms with E-state index in [1.165, 1.54) is 12.3 Å². The molecule has 0 spiro atoms. The van der Waals surface area contributed by atoms with E-state index in [0.717, 1.165) is 16.3 Å². The van der Waals surface area contributed by atoms with Crippen LogP contribution in [0.4, 0.5) is 10.2 Å². The first-order valence-electron chi connectivity index (χ1n) is 5.71. The van der Waals surface area contributed by atoms with Gasteiger partial charge in [0.25, 0.3) is 0 Å². The molecule has 1 aromatic rings. The van der Waals surface area contributed by atoms with E-state index in [0.29, 0.717) is 0 Å². The summed E-state index contributed by atoms with van der Waals surface area (Å²) in [4.78, 5) is 32.3. The lowest BCUT2D eigenvalue weighted by molar-refractivity contribution is 0.0617. The number of nitrogens with two attached hydrogens (primary N) is 1. The number of aromatic nitrogens is 2. The van der Waals surface area contributed by atoms with Gasteiger partial charge in [-0.2, -0.15) is 4.98 Å². The minimum Gasteiger partial charge on any atom is -0.389 e. The number of thioether (sulfide) groups is 1. The molecule has 0 bridgehead atoms. The average Bonchev–Trinajstić information content (AvgIpc) is 2.64. The molecule has 1 aliphatic rings. The molecule has 1 aromatic heterocycles. The molecule has 0 unspecified atom stereocenters. The van der Waals surface area contributed by atoms with Gasteiger partial charge in [-0.3, -0.25) is 9.09 Å². The summed E-state index contributed by atoms with van der Waals surface area (Å²) < 4.78 is 29.9. The number of nitrogens with zero attached hydrogens (tertiary/aromatic N) is 2. The van der Waals surface area contributed by atoms with E-state index >= 15 is 0 Å². The molecule has 12 heteroatoms. The zero-order valence-electron chi connectivity index (χ0n) is 10.4. The van der Waals surface area contributed by atoms with E-state index < -0.39 is 43.0 Å². The highest BCUT2D eigenvalue weighted by Crippen LogP contribution is 2.45. The van der Waals surface area contributed by atoms with Crippen LogP contribution in [0.15, 0.2) is 17.1 Å². The Bertz CT molecular complexity index is 624. The number of alkyl halides is 1. The quantitative estimate of drug-likeness (QED) is 0.519. The van der Waals surface area contributed by atoms with Crippen LogP contribution >= 0.6 is 19.6 Å². The fraction of sp³-hybridized carbons (Fsp3) is 0.556. The lowest BCUT2D eigenvalue weighted by atomic mass is 10.1. The minimum atomic E-state index is -4.72. The van der Waals surface area contributed by atoms with Crippen molar-refractivity contribution >= 4 is 25.4 Å². The molecule has 0 amide bonds. The summed E-state index contributed by atoms with van der Waals surface area (Å²) in [5.74, 6) is -0.0170. The monoisotopic (exact) mass is 341 g/mol. The number of anilines is 1. The fourth-order valence-corrected chi connectivity index (χ4v) is 3.73. The maximum Gasteiger partial charge on any atom is 0.469 e. The van der Waals surface area contributed by atoms with Crippen molar-refractivity contribution in [1.82, 2.24) is 9.55 Å². The predicted octanol–water partition coefficient (Wildman–Crippen LogP) is -0.752. The number of halogens is 1. The molecule has 0 radical (unpaired) electrons. The Kier molecular flexibility index (Phi) is 4.71. The van der Waals surface area contributed by atoms with Crippen molar-refractivity contribution in [2.24, 2.45) is 0 Å². The third-order valence-corrected chi connectivity index (χ3v) is 4.84. The first-order valence-corrected chi connectivity index (χ1v) is 8.19. The van der Waals surface area contributed by atoms with Crippen molar-refractivity contribution in [2.45, 2.75) is 22.9 Å². The first kappa shape index (κ1) is 16.4. The molecule has 9 nitrogen and oxygen atoms in total. The Morgan fingerprint density at radius 1 is 1.57 bits per heavy atom. The molecule has 21 heavy (non-hydrogen) atoms. The molecule has 2 rings (SSSR count). The Morgan fingerprint density at radius 3 is 2.81 bits per heavy atom. The smallest absolute Gasteiger partial charge is 0.389 e. The van der Waals surface area contributed by atoms with Gasteiger partial charge in [-0.15, -0.1) is 11.8 Å². The molecule has 1 saturated heterocycles. The normalized spacial score (nSPS) is 29.7. The SMILES string of the molecule is Nc1ccn([C@@H]2S[C@H](COP(=O)(O)O)[C@@H](O)[C@@H]2F)c(=O)n1. The molecule has 5 N–H and O–H groups in total. The maximum atomic E-state index is 14.1. The molecule has 1 aliphatic heterocycles. The number of hydrogen-bond donors (Lipinski definition) is 4. The van der Waals surface area contributed by atoms with Crippen LogP contribution in [-0.2, 0) is 9.09 Å². The molecule has 0 saturated carbocycles. The highest BCUT2D eigenvalue weighted by atomic mass is 32.2. The van der Waals surface area contributed by atoms with Gasteiger partial charge < -0.3 is 20.6 Å². The number of nitrogen functional groups attached to an aromatic ring is 1. The summed E-state index contributed by atoms with van der Waals surface area (Å²) in [5, 5.41) is 7.74. The van der Waals surface area contributed by atoms with Gasteiger partial charge in [-0.05, 0) is 6.07 Å². The predicted molar refractivity (Wildman–Crippen MR) is 72.2 cm³/mol. The van der Waals surface area contributed by atoms with Crippen molar-refractivity contribution in [3.63, 3.8) is 0 Å². The summed E-state index contributed by atoms with van der Waals surface area (Å²) in [5.41, 5.74) is 4.55. The van der Waals surface area contributed by atoms with Gasteiger partial charge in [0.15, 0.2) is 6.17 Å². The van der Waals surface area contributed by atoms with E-state index in [9.17, 15) is 18.9 Å². The van der Waals surface area contributed by atoms with Crippen LogP contribution in [0.25, 0.3) is 0 Å². The van der Waals surface area contributed by atoms with Gasteiger partial charge >= 0.3 is 13.5 Å². The number of aliphatic hydroxyl groups excluding tert-OH is 1. The van der Waals surface area contributed by atoms with Gasteiger partial charge in [-0.25, -0.2) is 13.8 Å². The zero-order valence-corrected chi connectivity index (χ0v) is 12.2. The van der Waals surface area contributed by atoms with Gasteiger partial charge in [-0.1, -0.05) is 0 Å². The lowest BCUT2D eigenvalue weighted by Crippen LogP contribution is -2.33. The van der Waals surface area contributed by atoms with Crippen molar-refractivity contribution in [3.8, 4) is 0 Å². The Labute approximate surface area is 122 Å². The molecule has 2 heterocycles. The molecule has 4 atom stereocenters. The van der Waals surface area contributed by atoms with Crippen LogP contribution < -0.4 is 11.4 Å². The molecular formula is C9H13FN3O6PS. The second kappa shape index (κ2) is 6.03. The van der Waals surface area contributed by atoms with Crippen molar-refractivity contribution < 1.29 is 28.4 Å². The molecule has 118 valence electrons. The summed E-state index contributed by atoms with van der Waals surface area (Å²) >= 11 is 0.829. The summed E-state index contributed by atoms with van der Waals surface area (Å²) in [6, 6.07) is 1.31. The summed E-state index contributed by atoms with van der Waals surface area (Å²) in [7, 11) is -4.72. The number of phosphoric acid groups is 1. The van der Waals surface area contributed by atoms with Crippen LogP contribution in [0.2, 0.25) is 0 Å². The summed E-state index contributed by atoms with van der Waals surface area (Å²) in [6.45, 7) is -0.551. The largest absolute Gasteiger partial charge is 0.469 e. The van der Waals surface area contributed by atoms with Crippen LogP contribution in [0, 0.1) is 0 Å². The highest BCUT2D eigenvalue weighted by molar-refractivity contribution is 8.00. The van der Waals surface area contributed by atoms with E-state index in [2.05, 4.69) is 9.51 Å². The standard InChI is InChI=1S/C9H13FN3O6PS/c10-6-7(14)4(3-19-20(16,17)18)21-8(6)13-2-1-5(11)12-9(13)15/h1-2,4,6-8,14H,3H2,(H2,11,12,15)(H2,16,17,18)/t4-,6+,7-,8-/m1/s1. The number of rotatable bonds is 4. The fourth-order valence-electron chi connectivity index (χ4n) is 1.86. The molecule has 1 fully saturated rings. The number of aliphatic hydroxyl groups is 1. The lowest BCUT2D eigenvalue weighted by Gasteiger charge is -2.15. The Hall–Kier alpha value is -0.970. The second-order valence-electron chi connectivity index (χ2n) is 4.33. The van der Waals surface area contributed by atoms with Crippen molar-refractivity contribution in [2.75, 3.05) is 12.3 Å². The molecule has 0 aliphatic carbocycles. The van der Waals surface area contributed by atoms with Gasteiger partial charge in [0.1, 0.15) is 17.3 Å². The van der Waals surface area contributed by atoms with Gasteiger partial charge in [0, 0.05) is 6.20 Å².